The van der Waals surface area contributed by atoms with Crippen molar-refractivity contribution in [3.63, 3.8) is 0 Å². The minimum atomic E-state index is -0.0378. The smallest absolute Gasteiger partial charge is 0.317 e. The average molecular weight is 358 g/mol. The van der Waals surface area contributed by atoms with Crippen molar-refractivity contribution in [2.75, 3.05) is 13.1 Å². The van der Waals surface area contributed by atoms with Gasteiger partial charge >= 0.3 is 6.03 Å². The van der Waals surface area contributed by atoms with Gasteiger partial charge in [-0.15, -0.1) is 0 Å². The van der Waals surface area contributed by atoms with Gasteiger partial charge in [0.1, 0.15) is 5.75 Å². The Morgan fingerprint density at radius 2 is 2.19 bits per heavy atom. The van der Waals surface area contributed by atoms with Gasteiger partial charge in [0.25, 0.3) is 0 Å². The Kier molecular flexibility index (Phi) is 5.75. The van der Waals surface area contributed by atoms with Gasteiger partial charge < -0.3 is 19.8 Å². The maximum absolute atomic E-state index is 12.6. The third kappa shape index (κ3) is 4.74. The molecule has 1 aliphatic rings. The van der Waals surface area contributed by atoms with Crippen LogP contribution >= 0.6 is 0 Å². The van der Waals surface area contributed by atoms with Crippen molar-refractivity contribution in [2.45, 2.75) is 51.5 Å². The Labute approximate surface area is 153 Å². The van der Waals surface area contributed by atoms with E-state index in [4.69, 9.17) is 4.52 Å². The number of hydrogen-bond donors (Lipinski definition) is 2. The van der Waals surface area contributed by atoms with E-state index in [0.717, 1.165) is 37.8 Å². The minimum absolute atomic E-state index is 0.0378. The Hall–Kier alpha value is -2.57. The van der Waals surface area contributed by atoms with E-state index in [2.05, 4.69) is 15.5 Å². The van der Waals surface area contributed by atoms with Crippen LogP contribution in [0, 0.1) is 6.92 Å². The van der Waals surface area contributed by atoms with Gasteiger partial charge in [-0.25, -0.2) is 4.79 Å². The van der Waals surface area contributed by atoms with Crippen LogP contribution in [0.4, 0.5) is 4.79 Å². The van der Waals surface area contributed by atoms with E-state index < -0.39 is 0 Å². The molecule has 2 heterocycles. The van der Waals surface area contributed by atoms with Gasteiger partial charge in [-0.05, 0) is 57.2 Å². The molecule has 1 aromatic heterocycles. The van der Waals surface area contributed by atoms with Crippen LogP contribution in [0.15, 0.2) is 28.8 Å². The molecule has 0 unspecified atom stereocenters. The summed E-state index contributed by atoms with van der Waals surface area (Å²) in [6.07, 6.45) is 3.59. The molecule has 140 valence electrons. The van der Waals surface area contributed by atoms with Crippen molar-refractivity contribution in [2.24, 2.45) is 0 Å². The Morgan fingerprint density at radius 3 is 2.88 bits per heavy atom. The fourth-order valence-corrected chi connectivity index (χ4v) is 3.26. The van der Waals surface area contributed by atoms with Gasteiger partial charge in [-0.2, -0.15) is 4.98 Å². The van der Waals surface area contributed by atoms with Crippen molar-refractivity contribution < 1.29 is 14.4 Å². The highest BCUT2D eigenvalue weighted by atomic mass is 16.5. The molecule has 26 heavy (non-hydrogen) atoms. The van der Waals surface area contributed by atoms with Crippen molar-refractivity contribution in [1.82, 2.24) is 20.4 Å². The Bertz CT molecular complexity index is 729. The quantitative estimate of drug-likeness (QED) is 0.857. The highest BCUT2D eigenvalue weighted by Gasteiger charge is 2.28. The normalized spacial score (nSPS) is 18.5. The summed E-state index contributed by atoms with van der Waals surface area (Å²) in [6.45, 7) is 5.18. The lowest BCUT2D eigenvalue weighted by Crippen LogP contribution is -2.47. The van der Waals surface area contributed by atoms with E-state index >= 15 is 0 Å². The maximum atomic E-state index is 12.6. The molecule has 0 aliphatic carbocycles. The number of benzene rings is 1. The van der Waals surface area contributed by atoms with Gasteiger partial charge in [0.05, 0.1) is 5.92 Å². The van der Waals surface area contributed by atoms with E-state index in [1.807, 2.05) is 24.0 Å². The fourth-order valence-electron chi connectivity index (χ4n) is 3.26. The maximum Gasteiger partial charge on any atom is 0.317 e. The van der Waals surface area contributed by atoms with E-state index in [1.165, 1.54) is 0 Å². The molecule has 7 nitrogen and oxygen atoms in total. The Balaban J connectivity index is 1.48. The molecule has 2 amide bonds. The molecule has 0 radical (unpaired) electrons. The summed E-state index contributed by atoms with van der Waals surface area (Å²) in [5.41, 5.74) is 1.15. The van der Waals surface area contributed by atoms with Crippen molar-refractivity contribution in [3.8, 4) is 5.75 Å². The first-order valence-electron chi connectivity index (χ1n) is 9.15. The number of carbonyl (C=O) groups excluding carboxylic acids is 1. The van der Waals surface area contributed by atoms with E-state index in [9.17, 15) is 9.90 Å². The first-order chi connectivity index (χ1) is 12.5. The van der Waals surface area contributed by atoms with E-state index in [0.29, 0.717) is 18.3 Å². The predicted molar refractivity (Wildman–Crippen MR) is 97.0 cm³/mol. The number of aromatic hydroxyl groups is 1. The number of aromatic nitrogens is 2. The molecular weight excluding hydrogens is 332 g/mol. The van der Waals surface area contributed by atoms with Crippen LogP contribution in [0.5, 0.6) is 5.75 Å². The summed E-state index contributed by atoms with van der Waals surface area (Å²) in [7, 11) is 0. The summed E-state index contributed by atoms with van der Waals surface area (Å²) < 4.78 is 5.27. The Morgan fingerprint density at radius 1 is 1.42 bits per heavy atom. The zero-order valence-electron chi connectivity index (χ0n) is 15.3. The number of nitrogens with one attached hydrogen (secondary N) is 1. The third-order valence-electron chi connectivity index (χ3n) is 4.77. The lowest BCUT2D eigenvalue weighted by molar-refractivity contribution is 0.169. The first kappa shape index (κ1) is 18.2. The van der Waals surface area contributed by atoms with Crippen LogP contribution in [0.1, 0.15) is 49.4 Å². The second kappa shape index (κ2) is 8.21. The lowest BCUT2D eigenvalue weighted by Gasteiger charge is -2.32. The fraction of sp³-hybridized carbons (Fsp3) is 0.526. The van der Waals surface area contributed by atoms with Gasteiger partial charge in [-0.3, -0.25) is 0 Å². The van der Waals surface area contributed by atoms with Crippen LogP contribution in [0.25, 0.3) is 0 Å². The number of piperidine rings is 1. The number of carbonyl (C=O) groups is 1. The van der Waals surface area contributed by atoms with Gasteiger partial charge in [0.15, 0.2) is 5.82 Å². The number of rotatable bonds is 5. The molecule has 1 aromatic carbocycles. The number of phenols is 1. The first-order valence-corrected chi connectivity index (χ1v) is 9.15. The topological polar surface area (TPSA) is 91.5 Å². The molecule has 0 saturated carbocycles. The molecule has 1 saturated heterocycles. The second-order valence-electron chi connectivity index (χ2n) is 7.02. The summed E-state index contributed by atoms with van der Waals surface area (Å²) in [4.78, 5) is 18.7. The molecule has 1 fully saturated rings. The summed E-state index contributed by atoms with van der Waals surface area (Å²) in [5, 5.41) is 16.3. The third-order valence-corrected chi connectivity index (χ3v) is 4.77. The molecule has 2 N–H and O–H groups in total. The predicted octanol–water partition coefficient (Wildman–Crippen LogP) is 2.99. The number of amides is 2. The van der Waals surface area contributed by atoms with Gasteiger partial charge in [-0.1, -0.05) is 17.3 Å². The standard InChI is InChI=1S/C19H26N4O3/c1-13(5-6-15-7-9-17(24)10-8-15)20-19(25)23-11-3-4-16(12-23)18-21-14(2)22-26-18/h7-10,13,16,24H,3-6,11-12H2,1-2H3,(H,20,25)/t13-,16+/m1/s1. The lowest BCUT2D eigenvalue weighted by atomic mass is 9.98. The van der Waals surface area contributed by atoms with Gasteiger partial charge in [0, 0.05) is 19.1 Å². The number of nitrogens with zero attached hydrogens (tertiary/aromatic N) is 3. The molecule has 7 heteroatoms. The van der Waals surface area contributed by atoms with E-state index in [1.54, 1.807) is 19.1 Å². The second-order valence-corrected chi connectivity index (χ2v) is 7.02. The van der Waals surface area contributed by atoms with Gasteiger partial charge in [0.2, 0.25) is 5.89 Å². The van der Waals surface area contributed by atoms with Crippen molar-refractivity contribution >= 4 is 6.03 Å². The SMILES string of the molecule is Cc1noc([C@H]2CCCN(C(=O)N[C@H](C)CCc3ccc(O)cc3)C2)n1. The highest BCUT2D eigenvalue weighted by Crippen LogP contribution is 2.25. The summed E-state index contributed by atoms with van der Waals surface area (Å²) in [5.74, 6) is 1.64. The van der Waals surface area contributed by atoms with Crippen LogP contribution in [0.2, 0.25) is 0 Å². The number of likely N-dealkylation sites (tertiary alicyclic amines) is 1. The van der Waals surface area contributed by atoms with Crippen LogP contribution in [0.3, 0.4) is 0 Å². The molecule has 0 spiro atoms. The molecule has 1 aliphatic heterocycles. The number of urea groups is 1. The summed E-state index contributed by atoms with van der Waals surface area (Å²) in [6, 6.07) is 7.22. The van der Waals surface area contributed by atoms with E-state index in [-0.39, 0.29) is 23.7 Å². The van der Waals surface area contributed by atoms with Crippen molar-refractivity contribution in [1.29, 1.82) is 0 Å². The zero-order valence-corrected chi connectivity index (χ0v) is 15.3. The minimum Gasteiger partial charge on any atom is -0.508 e. The van der Waals surface area contributed by atoms with Crippen LogP contribution in [-0.4, -0.2) is 45.3 Å². The molecule has 2 atom stereocenters. The molecule has 0 bridgehead atoms. The number of aryl methyl sites for hydroxylation is 2. The zero-order chi connectivity index (χ0) is 18.5. The average Bonchev–Trinajstić information content (AvgIpc) is 3.08. The monoisotopic (exact) mass is 358 g/mol. The van der Waals surface area contributed by atoms with Crippen LogP contribution < -0.4 is 5.32 Å². The largest absolute Gasteiger partial charge is 0.508 e. The molecule has 2 aromatic rings. The molecule has 3 rings (SSSR count). The molecular formula is C19H26N4O3. The van der Waals surface area contributed by atoms with Crippen molar-refractivity contribution in [3.05, 3.63) is 41.5 Å². The van der Waals surface area contributed by atoms with Crippen LogP contribution in [-0.2, 0) is 6.42 Å². The summed E-state index contributed by atoms with van der Waals surface area (Å²) >= 11 is 0. The number of hydrogen-bond acceptors (Lipinski definition) is 5. The highest BCUT2D eigenvalue weighted by molar-refractivity contribution is 5.74. The number of phenolic OH excluding ortho intramolecular Hbond substituents is 1.